The summed E-state index contributed by atoms with van der Waals surface area (Å²) in [5.41, 5.74) is -2.16. The van der Waals surface area contributed by atoms with E-state index in [1.165, 1.54) is 0 Å². The summed E-state index contributed by atoms with van der Waals surface area (Å²) in [6.45, 7) is 4.10. The van der Waals surface area contributed by atoms with Crippen LogP contribution in [0.5, 0.6) is 0 Å². The number of carbonyl (C=O) groups is 2. The van der Waals surface area contributed by atoms with E-state index in [-0.39, 0.29) is 28.3 Å². The van der Waals surface area contributed by atoms with Crippen molar-refractivity contribution in [1.29, 1.82) is 0 Å². The highest BCUT2D eigenvalue weighted by Crippen LogP contribution is 2.43. The summed E-state index contributed by atoms with van der Waals surface area (Å²) in [6.07, 6.45) is 1.21. The molecule has 0 aliphatic heterocycles. The lowest BCUT2D eigenvalue weighted by Crippen LogP contribution is -2.46. The normalized spacial score (nSPS) is 14.8. The third-order valence-corrected chi connectivity index (χ3v) is 5.89. The Kier molecular flexibility index (Phi) is 5.71. The van der Waals surface area contributed by atoms with E-state index in [0.29, 0.717) is 31.4 Å². The van der Waals surface area contributed by atoms with Gasteiger partial charge in [-0.3, -0.25) is 9.78 Å². The molecule has 1 aliphatic rings. The van der Waals surface area contributed by atoms with Gasteiger partial charge in [-0.25, -0.2) is 19.0 Å². The number of nitrogens with zero attached hydrogens (tertiary/aromatic N) is 1. The molecule has 0 atom stereocenters. The Morgan fingerprint density at radius 3 is 2.54 bits per heavy atom. The molecule has 0 aromatic carbocycles. The standard InChI is InChI=1S/C18H22N2O7S/c1-4-26-15(22)12-10(2)11-13(28-12)19-17(24)20(14(11)21)18(6-7-18)16(23)27-9-5-8-25-3/h4-9H2,1-3H3,(H,19,24). The largest absolute Gasteiger partial charge is 0.464 e. The Bertz CT molecular complexity index is 1030. The molecule has 10 heteroatoms. The molecule has 2 aromatic rings. The maximum atomic E-state index is 13.1. The van der Waals surface area contributed by atoms with Gasteiger partial charge in [0.25, 0.3) is 5.56 Å². The number of H-pyrrole nitrogens is 1. The van der Waals surface area contributed by atoms with Gasteiger partial charge >= 0.3 is 17.6 Å². The Morgan fingerprint density at radius 1 is 1.21 bits per heavy atom. The second-order valence-electron chi connectivity index (χ2n) is 6.57. The summed E-state index contributed by atoms with van der Waals surface area (Å²) < 4.78 is 16.1. The molecule has 0 unspecified atom stereocenters. The maximum absolute atomic E-state index is 13.1. The van der Waals surface area contributed by atoms with Crippen LogP contribution in [0.1, 0.15) is 41.4 Å². The van der Waals surface area contributed by atoms with Gasteiger partial charge < -0.3 is 14.2 Å². The number of nitrogens with one attached hydrogen (secondary N) is 1. The summed E-state index contributed by atoms with van der Waals surface area (Å²) >= 11 is 0.994. The fourth-order valence-electron chi connectivity index (χ4n) is 3.14. The van der Waals surface area contributed by atoms with Crippen LogP contribution in [-0.2, 0) is 24.5 Å². The number of hydrogen-bond acceptors (Lipinski definition) is 8. The molecule has 1 fully saturated rings. The second-order valence-corrected chi connectivity index (χ2v) is 7.59. The van der Waals surface area contributed by atoms with Crippen LogP contribution < -0.4 is 11.2 Å². The zero-order chi connectivity index (χ0) is 20.5. The summed E-state index contributed by atoms with van der Waals surface area (Å²) in [6, 6.07) is 0. The topological polar surface area (TPSA) is 117 Å². The van der Waals surface area contributed by atoms with Crippen LogP contribution >= 0.6 is 11.3 Å². The Labute approximate surface area is 164 Å². The number of methoxy groups -OCH3 is 1. The van der Waals surface area contributed by atoms with Crippen molar-refractivity contribution >= 4 is 33.5 Å². The van der Waals surface area contributed by atoms with Crippen LogP contribution in [0.25, 0.3) is 10.2 Å². The number of aryl methyl sites for hydroxylation is 1. The van der Waals surface area contributed by atoms with Crippen molar-refractivity contribution in [2.24, 2.45) is 0 Å². The van der Waals surface area contributed by atoms with Gasteiger partial charge in [0.2, 0.25) is 0 Å². The molecule has 3 rings (SSSR count). The van der Waals surface area contributed by atoms with Crippen molar-refractivity contribution in [3.63, 3.8) is 0 Å². The third kappa shape index (κ3) is 3.37. The number of ether oxygens (including phenoxy) is 3. The first kappa shape index (κ1) is 20.3. The number of aromatic amines is 1. The summed E-state index contributed by atoms with van der Waals surface area (Å²) in [5.74, 6) is -1.15. The minimum absolute atomic E-state index is 0.147. The van der Waals surface area contributed by atoms with E-state index < -0.39 is 28.7 Å². The molecular weight excluding hydrogens is 388 g/mol. The van der Waals surface area contributed by atoms with Crippen LogP contribution in [0, 0.1) is 6.92 Å². The lowest BCUT2D eigenvalue weighted by atomic mass is 10.2. The van der Waals surface area contributed by atoms with E-state index in [4.69, 9.17) is 14.2 Å². The highest BCUT2D eigenvalue weighted by Gasteiger charge is 2.55. The number of esters is 2. The molecule has 1 N–H and O–H groups in total. The van der Waals surface area contributed by atoms with Crippen molar-refractivity contribution < 1.29 is 23.8 Å². The highest BCUT2D eigenvalue weighted by atomic mass is 32.1. The van der Waals surface area contributed by atoms with Gasteiger partial charge in [-0.2, -0.15) is 0 Å². The number of rotatable bonds is 8. The minimum Gasteiger partial charge on any atom is -0.464 e. The minimum atomic E-state index is -1.29. The number of aromatic nitrogens is 2. The van der Waals surface area contributed by atoms with Gasteiger partial charge in [0, 0.05) is 20.1 Å². The average molecular weight is 410 g/mol. The van der Waals surface area contributed by atoms with Crippen LogP contribution in [0.2, 0.25) is 0 Å². The van der Waals surface area contributed by atoms with Crippen molar-refractivity contribution in [3.8, 4) is 0 Å². The van der Waals surface area contributed by atoms with Crippen LogP contribution in [-0.4, -0.2) is 48.4 Å². The smallest absolute Gasteiger partial charge is 0.348 e. The SMILES string of the molecule is CCOC(=O)c1sc2[nH]c(=O)n(C3(C(=O)OCCCOC)CC3)c(=O)c2c1C. The average Bonchev–Trinajstić information content (AvgIpc) is 3.37. The first-order chi connectivity index (χ1) is 13.4. The van der Waals surface area contributed by atoms with E-state index in [1.807, 2.05) is 0 Å². The highest BCUT2D eigenvalue weighted by molar-refractivity contribution is 7.20. The summed E-state index contributed by atoms with van der Waals surface area (Å²) in [4.78, 5) is 53.6. The lowest BCUT2D eigenvalue weighted by Gasteiger charge is -2.16. The van der Waals surface area contributed by atoms with Gasteiger partial charge in [-0.05, 0) is 32.3 Å². The zero-order valence-electron chi connectivity index (χ0n) is 16.0. The van der Waals surface area contributed by atoms with E-state index in [1.54, 1.807) is 21.0 Å². The fourth-order valence-corrected chi connectivity index (χ4v) is 4.22. The predicted molar refractivity (Wildman–Crippen MR) is 102 cm³/mol. The van der Waals surface area contributed by atoms with Crippen LogP contribution in [0.15, 0.2) is 9.59 Å². The van der Waals surface area contributed by atoms with Crippen LogP contribution in [0.3, 0.4) is 0 Å². The molecule has 0 saturated heterocycles. The number of thiophene rings is 1. The van der Waals surface area contributed by atoms with Crippen molar-refractivity contribution in [2.75, 3.05) is 26.9 Å². The molecule has 0 bridgehead atoms. The lowest BCUT2D eigenvalue weighted by molar-refractivity contribution is -0.149. The van der Waals surface area contributed by atoms with Crippen molar-refractivity contribution in [2.45, 2.75) is 38.6 Å². The third-order valence-electron chi connectivity index (χ3n) is 4.71. The Hall–Kier alpha value is -2.46. The predicted octanol–water partition coefficient (Wildman–Crippen LogP) is 1.31. The van der Waals surface area contributed by atoms with E-state index in [9.17, 15) is 19.2 Å². The molecule has 28 heavy (non-hydrogen) atoms. The Morgan fingerprint density at radius 2 is 1.93 bits per heavy atom. The van der Waals surface area contributed by atoms with Crippen molar-refractivity contribution in [3.05, 3.63) is 31.3 Å². The van der Waals surface area contributed by atoms with Gasteiger partial charge in [0.05, 0.1) is 18.6 Å². The molecule has 152 valence electrons. The quantitative estimate of drug-likeness (QED) is 0.515. The molecule has 0 radical (unpaired) electrons. The molecule has 1 saturated carbocycles. The first-order valence-electron chi connectivity index (χ1n) is 8.99. The molecule has 2 heterocycles. The molecule has 0 amide bonds. The summed E-state index contributed by atoms with van der Waals surface area (Å²) in [7, 11) is 1.55. The summed E-state index contributed by atoms with van der Waals surface area (Å²) in [5, 5.41) is 0.214. The van der Waals surface area contributed by atoms with E-state index in [2.05, 4.69) is 4.98 Å². The molecule has 0 spiro atoms. The van der Waals surface area contributed by atoms with Gasteiger partial charge in [0.15, 0.2) is 5.54 Å². The monoisotopic (exact) mass is 410 g/mol. The molecule has 9 nitrogen and oxygen atoms in total. The number of fused-ring (bicyclic) bond motifs is 1. The van der Waals surface area contributed by atoms with Crippen LogP contribution in [0.4, 0.5) is 0 Å². The van der Waals surface area contributed by atoms with Gasteiger partial charge in [0.1, 0.15) is 9.71 Å². The molecule has 1 aliphatic carbocycles. The fraction of sp³-hybridized carbons (Fsp3) is 0.556. The second kappa shape index (κ2) is 7.88. The zero-order valence-corrected chi connectivity index (χ0v) is 16.8. The van der Waals surface area contributed by atoms with E-state index in [0.717, 1.165) is 15.9 Å². The number of hydrogen-bond donors (Lipinski definition) is 1. The van der Waals surface area contributed by atoms with Gasteiger partial charge in [-0.1, -0.05) is 0 Å². The Balaban J connectivity index is 2.02. The van der Waals surface area contributed by atoms with Crippen molar-refractivity contribution in [1.82, 2.24) is 9.55 Å². The number of carbonyl (C=O) groups excluding carboxylic acids is 2. The van der Waals surface area contributed by atoms with E-state index >= 15 is 0 Å². The maximum Gasteiger partial charge on any atom is 0.348 e. The van der Waals surface area contributed by atoms with Gasteiger partial charge in [-0.15, -0.1) is 11.3 Å². The molecular formula is C18H22N2O7S. The molecule has 2 aromatic heterocycles. The first-order valence-corrected chi connectivity index (χ1v) is 9.81.